The zero-order valence-corrected chi connectivity index (χ0v) is 10.1. The molecular formula is C2H7I3N-. The van der Waals surface area contributed by atoms with Crippen molar-refractivity contribution < 1.29 is 13.3 Å². The Hall–Kier alpha value is 2.15. The van der Waals surface area contributed by atoms with Gasteiger partial charge in [0.25, 0.3) is 0 Å². The Morgan fingerprint density at radius 2 is 1.33 bits per heavy atom. The summed E-state index contributed by atoms with van der Waals surface area (Å²) < 4.78 is 0. The molecule has 0 spiro atoms. The number of halogens is 3. The van der Waals surface area contributed by atoms with Crippen LogP contribution in [-0.4, -0.2) is 14.1 Å². The van der Waals surface area contributed by atoms with Crippen LogP contribution in [0.2, 0.25) is 0 Å². The zero-order chi connectivity index (χ0) is 5.41. The molecule has 4 heteroatoms. The molecule has 42 valence electrons. The minimum atomic E-state index is 0.530. The van der Waals surface area contributed by atoms with Gasteiger partial charge in [-0.05, 0) is 14.1 Å². The molecule has 0 aliphatic rings. The van der Waals surface area contributed by atoms with Crippen molar-refractivity contribution in [2.45, 2.75) is 0 Å². The molecule has 0 atom stereocenters. The molecular weight excluding hydrogens is 419 g/mol. The summed E-state index contributed by atoms with van der Waals surface area (Å²) in [4.78, 5) is 0. The zero-order valence-electron chi connectivity index (χ0n) is 3.63. The first kappa shape index (κ1) is 11.0. The van der Waals surface area contributed by atoms with Crippen LogP contribution in [0.25, 0.3) is 0 Å². The molecule has 0 radical (unpaired) electrons. The van der Waals surface area contributed by atoms with Gasteiger partial charge >= 0.3 is 50.5 Å². The maximum absolute atomic E-state index is 2.75. The van der Waals surface area contributed by atoms with Gasteiger partial charge in [0, 0.05) is 0 Å². The van der Waals surface area contributed by atoms with E-state index in [1.54, 1.807) is 0 Å². The first-order chi connectivity index (χ1) is 2.83. The van der Waals surface area contributed by atoms with Gasteiger partial charge in [0.05, 0.1) is 0 Å². The molecule has 1 N–H and O–H groups in total. The van der Waals surface area contributed by atoms with Crippen LogP contribution in [0, 0.1) is 0 Å². The predicted octanol–water partition coefficient (Wildman–Crippen LogP) is -1.39. The Morgan fingerprint density at radius 1 is 1.33 bits per heavy atom. The summed E-state index contributed by atoms with van der Waals surface area (Å²) in [6.45, 7) is 0. The molecule has 0 heterocycles. The summed E-state index contributed by atoms with van der Waals surface area (Å²) in [5, 5.41) is 2.75. The van der Waals surface area contributed by atoms with E-state index in [4.69, 9.17) is 0 Å². The first-order valence-corrected chi connectivity index (χ1v) is 13.9. The molecule has 0 unspecified atom stereocenters. The van der Waals surface area contributed by atoms with Crippen LogP contribution >= 0.6 is 37.2 Å². The van der Waals surface area contributed by atoms with Gasteiger partial charge in [0.1, 0.15) is 0 Å². The molecule has 0 amide bonds. The van der Waals surface area contributed by atoms with Gasteiger partial charge in [-0.1, -0.05) is 0 Å². The van der Waals surface area contributed by atoms with Crippen LogP contribution in [-0.2, 0) is 0 Å². The van der Waals surface area contributed by atoms with Crippen LogP contribution in [0.15, 0.2) is 0 Å². The van der Waals surface area contributed by atoms with Crippen molar-refractivity contribution in [2.75, 3.05) is 14.1 Å². The van der Waals surface area contributed by atoms with Gasteiger partial charge in [0.15, 0.2) is 0 Å². The number of nitrogens with one attached hydrogen (secondary N) is 1. The normalized spacial score (nSPS) is 6.67. The summed E-state index contributed by atoms with van der Waals surface area (Å²) >= 11 is 5.30. The van der Waals surface area contributed by atoms with E-state index in [1.807, 2.05) is 14.1 Å². The standard InChI is InChI=1S/C2H7N.I3/c2*1-3-2/h3H,1-2H3;/q;-1. The van der Waals surface area contributed by atoms with Crippen molar-refractivity contribution in [1.82, 2.24) is 5.32 Å². The van der Waals surface area contributed by atoms with Crippen molar-refractivity contribution in [3.8, 4) is 0 Å². The average Bonchev–Trinajstić information content (AvgIpc) is 1.39. The fourth-order valence-corrected chi connectivity index (χ4v) is 0. The molecule has 0 saturated carbocycles. The Balaban J connectivity index is 0. The molecule has 0 aliphatic carbocycles. The van der Waals surface area contributed by atoms with E-state index in [9.17, 15) is 0 Å². The van der Waals surface area contributed by atoms with Crippen molar-refractivity contribution >= 4 is 37.2 Å². The van der Waals surface area contributed by atoms with E-state index < -0.39 is 0 Å². The van der Waals surface area contributed by atoms with Crippen molar-refractivity contribution in [1.29, 1.82) is 0 Å². The second-order valence-corrected chi connectivity index (χ2v) is 16.8. The van der Waals surface area contributed by atoms with Crippen LogP contribution in [0.3, 0.4) is 0 Å². The summed E-state index contributed by atoms with van der Waals surface area (Å²) in [6.07, 6.45) is 0. The third kappa shape index (κ3) is 35.3. The second-order valence-electron chi connectivity index (χ2n) is 0.554. The fraction of sp³-hybridized carbons (Fsp3) is 1.00. The van der Waals surface area contributed by atoms with Crippen LogP contribution in [0.1, 0.15) is 0 Å². The minimum absolute atomic E-state index is 0.530. The Morgan fingerprint density at radius 3 is 1.33 bits per heavy atom. The van der Waals surface area contributed by atoms with Gasteiger partial charge in [-0.25, -0.2) is 0 Å². The van der Waals surface area contributed by atoms with Gasteiger partial charge < -0.3 is 5.32 Å². The molecule has 1 nitrogen and oxygen atoms in total. The average molecular weight is 426 g/mol. The van der Waals surface area contributed by atoms with Gasteiger partial charge in [-0.3, -0.25) is 0 Å². The fourth-order valence-electron chi connectivity index (χ4n) is 0. The quantitative estimate of drug-likeness (QED) is 0.471. The Kier molecular flexibility index (Phi) is 28.8. The van der Waals surface area contributed by atoms with Crippen molar-refractivity contribution in [2.24, 2.45) is 0 Å². The molecule has 0 rings (SSSR count). The molecule has 0 aliphatic heterocycles. The molecule has 0 saturated heterocycles. The topological polar surface area (TPSA) is 12.0 Å². The molecule has 0 aromatic rings. The molecule has 6 heavy (non-hydrogen) atoms. The number of hydrogen-bond donors (Lipinski definition) is 1. The predicted molar refractivity (Wildman–Crippen MR) is 43.0 cm³/mol. The van der Waals surface area contributed by atoms with E-state index >= 15 is 0 Å². The van der Waals surface area contributed by atoms with Crippen LogP contribution in [0.4, 0.5) is 0 Å². The number of hydrogen-bond acceptors (Lipinski definition) is 1. The summed E-state index contributed by atoms with van der Waals surface area (Å²) in [6, 6.07) is 0. The maximum atomic E-state index is 2.75. The van der Waals surface area contributed by atoms with E-state index in [2.05, 4.69) is 42.5 Å². The van der Waals surface area contributed by atoms with E-state index in [0.29, 0.717) is 13.3 Å². The summed E-state index contributed by atoms with van der Waals surface area (Å²) in [5.74, 6) is 0. The van der Waals surface area contributed by atoms with E-state index in [1.165, 1.54) is 0 Å². The summed E-state index contributed by atoms with van der Waals surface area (Å²) in [5.41, 5.74) is 0. The Bertz CT molecular complexity index is 10.8. The van der Waals surface area contributed by atoms with E-state index in [-0.39, 0.29) is 0 Å². The van der Waals surface area contributed by atoms with Crippen LogP contribution in [0.5, 0.6) is 0 Å². The third-order valence-corrected chi connectivity index (χ3v) is 0. The van der Waals surface area contributed by atoms with Crippen LogP contribution < -0.4 is 18.6 Å². The van der Waals surface area contributed by atoms with Gasteiger partial charge in [0.2, 0.25) is 0 Å². The Labute approximate surface area is 68.6 Å². The summed E-state index contributed by atoms with van der Waals surface area (Å²) in [7, 11) is 3.75. The SMILES string of the molecule is CNC.I[I-]I. The van der Waals surface area contributed by atoms with Gasteiger partial charge in [-0.15, -0.1) is 0 Å². The van der Waals surface area contributed by atoms with Crippen molar-refractivity contribution in [3.63, 3.8) is 0 Å². The van der Waals surface area contributed by atoms with Crippen molar-refractivity contribution in [3.05, 3.63) is 0 Å². The molecule has 0 fully saturated rings. The van der Waals surface area contributed by atoms with Gasteiger partial charge in [-0.2, -0.15) is 0 Å². The first-order valence-electron chi connectivity index (χ1n) is 1.29. The molecule has 0 aromatic carbocycles. The number of rotatable bonds is 0. The third-order valence-electron chi connectivity index (χ3n) is 0. The molecule has 0 aromatic heterocycles. The van der Waals surface area contributed by atoms with E-state index in [0.717, 1.165) is 0 Å². The second kappa shape index (κ2) is 15.7. The monoisotopic (exact) mass is 426 g/mol. The molecule has 0 bridgehead atoms.